The van der Waals surface area contributed by atoms with Crippen LogP contribution in [0.3, 0.4) is 0 Å². The number of hydrogen-bond acceptors (Lipinski definition) is 1. The van der Waals surface area contributed by atoms with Gasteiger partial charge < -0.3 is 0 Å². The molecule has 18 heavy (non-hydrogen) atoms. The summed E-state index contributed by atoms with van der Waals surface area (Å²) < 4.78 is 118. The zero-order chi connectivity index (χ0) is 15.0. The minimum Gasteiger partial charge on any atom is -0.293 e. The number of Topliss-reactive ketones (excluding diaryl/α,β-unsaturated/α-hetero) is 1. The summed E-state index contributed by atoms with van der Waals surface area (Å²) >= 11 is 0. The van der Waals surface area contributed by atoms with Crippen LogP contribution in [0.2, 0.25) is 0 Å². The zero-order valence-electron chi connectivity index (χ0n) is 8.10. The number of rotatable bonds is 4. The third kappa shape index (κ3) is 3.48. The summed E-state index contributed by atoms with van der Waals surface area (Å²) in [6.45, 7) is 0. The number of alkyl halides is 10. The van der Waals surface area contributed by atoms with E-state index >= 15 is 0 Å². The van der Waals surface area contributed by atoms with Crippen molar-refractivity contribution in [2.24, 2.45) is 0 Å². The van der Waals surface area contributed by atoms with Crippen LogP contribution in [-0.4, -0.2) is 30.0 Å². The summed E-state index contributed by atoms with van der Waals surface area (Å²) in [5.74, 6) is -14.5. The molecule has 0 amide bonds. The molecule has 0 saturated heterocycles. The van der Waals surface area contributed by atoms with Crippen molar-refractivity contribution in [1.82, 2.24) is 0 Å². The van der Waals surface area contributed by atoms with E-state index in [2.05, 4.69) is 0 Å². The predicted octanol–water partition coefficient (Wildman–Crippen LogP) is 3.73. The monoisotopic (exact) mass is 294 g/mol. The van der Waals surface area contributed by atoms with Crippen molar-refractivity contribution in [2.75, 3.05) is 0 Å². The first-order valence-electron chi connectivity index (χ1n) is 4.05. The van der Waals surface area contributed by atoms with Gasteiger partial charge in [0.2, 0.25) is 5.78 Å². The second kappa shape index (κ2) is 4.57. The van der Waals surface area contributed by atoms with Gasteiger partial charge in [-0.2, -0.15) is 43.9 Å². The van der Waals surface area contributed by atoms with Crippen molar-refractivity contribution < 1.29 is 48.7 Å². The first-order valence-corrected chi connectivity index (χ1v) is 4.05. The summed E-state index contributed by atoms with van der Waals surface area (Å²) in [7, 11) is 0. The Kier molecular flexibility index (Phi) is 4.31. The standard InChI is InChI=1S/C7H4F10O/c8-4(9,6(12,13)14)2-1-3(18)5(10,11)7(15,16)17/h1-2H2. The van der Waals surface area contributed by atoms with Crippen molar-refractivity contribution in [2.45, 2.75) is 37.0 Å². The van der Waals surface area contributed by atoms with Crippen LogP contribution in [-0.2, 0) is 4.79 Å². The summed E-state index contributed by atoms with van der Waals surface area (Å²) in [4.78, 5) is 10.3. The Bertz CT molecular complexity index is 311. The highest BCUT2D eigenvalue weighted by molar-refractivity contribution is 5.86. The van der Waals surface area contributed by atoms with Crippen LogP contribution in [0.25, 0.3) is 0 Å². The Balaban J connectivity index is 4.73. The summed E-state index contributed by atoms with van der Waals surface area (Å²) in [6.07, 6.45) is -17.2. The third-order valence-electron chi connectivity index (χ3n) is 1.79. The fourth-order valence-electron chi connectivity index (χ4n) is 0.727. The lowest BCUT2D eigenvalue weighted by Crippen LogP contribution is -2.45. The van der Waals surface area contributed by atoms with Gasteiger partial charge in [-0.15, -0.1) is 0 Å². The van der Waals surface area contributed by atoms with E-state index in [4.69, 9.17) is 0 Å². The molecule has 0 aromatic heterocycles. The average Bonchev–Trinajstić information content (AvgIpc) is 2.10. The SMILES string of the molecule is O=C(CCC(F)(F)C(F)(F)F)C(F)(F)C(F)(F)F. The van der Waals surface area contributed by atoms with Crippen LogP contribution < -0.4 is 0 Å². The van der Waals surface area contributed by atoms with Gasteiger partial charge in [-0.05, 0) is 0 Å². The van der Waals surface area contributed by atoms with E-state index in [1.54, 1.807) is 0 Å². The molecule has 0 N–H and O–H groups in total. The van der Waals surface area contributed by atoms with E-state index in [0.717, 1.165) is 0 Å². The smallest absolute Gasteiger partial charge is 0.293 e. The molecule has 0 aromatic rings. The Labute approximate surface area is 92.7 Å². The Hall–Kier alpha value is -1.03. The molecule has 11 heteroatoms. The van der Waals surface area contributed by atoms with Gasteiger partial charge >= 0.3 is 24.2 Å². The first kappa shape index (κ1) is 17.0. The highest BCUT2D eigenvalue weighted by Crippen LogP contribution is 2.41. The van der Waals surface area contributed by atoms with Crippen molar-refractivity contribution in [3.8, 4) is 0 Å². The molecule has 0 aromatic carbocycles. The van der Waals surface area contributed by atoms with E-state index in [9.17, 15) is 48.7 Å². The molecule has 0 rings (SSSR count). The van der Waals surface area contributed by atoms with Gasteiger partial charge in [0.15, 0.2) is 0 Å². The highest BCUT2D eigenvalue weighted by Gasteiger charge is 2.64. The van der Waals surface area contributed by atoms with E-state index in [1.165, 1.54) is 0 Å². The number of hydrogen-bond donors (Lipinski definition) is 0. The normalized spacial score (nSPS) is 14.8. The van der Waals surface area contributed by atoms with Crippen LogP contribution in [0.1, 0.15) is 12.8 Å². The Morgan fingerprint density at radius 1 is 0.722 bits per heavy atom. The quantitative estimate of drug-likeness (QED) is 0.722. The predicted molar refractivity (Wildman–Crippen MR) is 36.2 cm³/mol. The summed E-state index contributed by atoms with van der Waals surface area (Å²) in [5, 5.41) is 0. The highest BCUT2D eigenvalue weighted by atomic mass is 19.4. The lowest BCUT2D eigenvalue weighted by molar-refractivity contribution is -0.287. The van der Waals surface area contributed by atoms with Crippen LogP contribution in [0, 0.1) is 0 Å². The fraction of sp³-hybridized carbons (Fsp3) is 0.857. The van der Waals surface area contributed by atoms with Crippen LogP contribution in [0.4, 0.5) is 43.9 Å². The number of carbonyl (C=O) groups is 1. The molecule has 0 aliphatic rings. The number of ketones is 1. The van der Waals surface area contributed by atoms with Crippen LogP contribution in [0.5, 0.6) is 0 Å². The average molecular weight is 294 g/mol. The minimum atomic E-state index is -6.34. The topological polar surface area (TPSA) is 17.1 Å². The van der Waals surface area contributed by atoms with Crippen molar-refractivity contribution >= 4 is 5.78 Å². The van der Waals surface area contributed by atoms with Crippen LogP contribution in [0.15, 0.2) is 0 Å². The molecule has 0 saturated carbocycles. The molecule has 0 radical (unpaired) electrons. The zero-order valence-corrected chi connectivity index (χ0v) is 8.10. The van der Waals surface area contributed by atoms with Crippen molar-refractivity contribution in [3.05, 3.63) is 0 Å². The molecule has 0 fully saturated rings. The molecule has 0 spiro atoms. The molecule has 0 unspecified atom stereocenters. The maximum atomic E-state index is 12.2. The molecule has 108 valence electrons. The second-order valence-corrected chi connectivity index (χ2v) is 3.20. The van der Waals surface area contributed by atoms with Gasteiger partial charge in [-0.1, -0.05) is 0 Å². The van der Waals surface area contributed by atoms with Gasteiger partial charge in [0.05, 0.1) is 0 Å². The molecule has 0 aliphatic carbocycles. The van der Waals surface area contributed by atoms with E-state index in [-0.39, 0.29) is 0 Å². The van der Waals surface area contributed by atoms with Crippen molar-refractivity contribution in [3.63, 3.8) is 0 Å². The molecular formula is C7H4F10O. The maximum absolute atomic E-state index is 12.2. The molecule has 0 heterocycles. The fourth-order valence-corrected chi connectivity index (χ4v) is 0.727. The van der Waals surface area contributed by atoms with E-state index in [1.807, 2.05) is 0 Å². The molecule has 0 bridgehead atoms. The van der Waals surface area contributed by atoms with Gasteiger partial charge in [-0.25, -0.2) is 0 Å². The summed E-state index contributed by atoms with van der Waals surface area (Å²) in [5.41, 5.74) is 0. The second-order valence-electron chi connectivity index (χ2n) is 3.20. The Morgan fingerprint density at radius 2 is 1.11 bits per heavy atom. The maximum Gasteiger partial charge on any atom is 0.461 e. The number of halogens is 10. The van der Waals surface area contributed by atoms with Gasteiger partial charge in [0.1, 0.15) is 0 Å². The largest absolute Gasteiger partial charge is 0.461 e. The van der Waals surface area contributed by atoms with Crippen molar-refractivity contribution in [1.29, 1.82) is 0 Å². The molecular weight excluding hydrogens is 290 g/mol. The molecule has 1 nitrogen and oxygen atoms in total. The number of carbonyl (C=O) groups excluding carboxylic acids is 1. The molecule has 0 atom stereocenters. The summed E-state index contributed by atoms with van der Waals surface area (Å²) in [6, 6.07) is 0. The van der Waals surface area contributed by atoms with Gasteiger partial charge in [0, 0.05) is 12.8 Å². The van der Waals surface area contributed by atoms with E-state index < -0.39 is 42.8 Å². The lowest BCUT2D eigenvalue weighted by atomic mass is 10.1. The first-order chi connectivity index (χ1) is 7.63. The lowest BCUT2D eigenvalue weighted by Gasteiger charge is -2.21. The Morgan fingerprint density at radius 3 is 1.39 bits per heavy atom. The minimum absolute atomic E-state index is 2.25. The van der Waals surface area contributed by atoms with Gasteiger partial charge in [-0.3, -0.25) is 4.79 Å². The van der Waals surface area contributed by atoms with Gasteiger partial charge in [0.25, 0.3) is 0 Å². The van der Waals surface area contributed by atoms with E-state index in [0.29, 0.717) is 0 Å². The molecule has 0 aliphatic heterocycles. The third-order valence-corrected chi connectivity index (χ3v) is 1.79. The van der Waals surface area contributed by atoms with Crippen LogP contribution >= 0.6 is 0 Å².